The second kappa shape index (κ2) is 5.17. The van der Waals surface area contributed by atoms with Crippen LogP contribution in [-0.2, 0) is 0 Å². The fraction of sp³-hybridized carbons (Fsp3) is 0.500. The number of halogens is 1. The van der Waals surface area contributed by atoms with Gasteiger partial charge in [-0.25, -0.2) is 0 Å². The summed E-state index contributed by atoms with van der Waals surface area (Å²) in [5, 5.41) is 3.43. The minimum Gasteiger partial charge on any atom is -0.331 e. The van der Waals surface area contributed by atoms with Crippen LogP contribution < -0.4 is 5.32 Å². The zero-order valence-electron chi connectivity index (χ0n) is 10.2. The second-order valence-electron chi connectivity index (χ2n) is 5.10. The number of nitrogens with one attached hydrogen (secondary N) is 1. The van der Waals surface area contributed by atoms with Crippen molar-refractivity contribution >= 4 is 28.5 Å². The van der Waals surface area contributed by atoms with E-state index in [1.54, 1.807) is 0 Å². The predicted octanol–water partition coefficient (Wildman–Crippen LogP) is 2.26. The lowest BCUT2D eigenvalue weighted by Crippen LogP contribution is -2.42. The molecule has 2 bridgehead atoms. The molecule has 1 N–H and O–H groups in total. The van der Waals surface area contributed by atoms with E-state index in [9.17, 15) is 4.79 Å². The predicted molar refractivity (Wildman–Crippen MR) is 79.6 cm³/mol. The van der Waals surface area contributed by atoms with E-state index in [0.717, 1.165) is 35.1 Å². The van der Waals surface area contributed by atoms with Gasteiger partial charge in [-0.05, 0) is 66.6 Å². The number of rotatable bonds is 1. The largest absolute Gasteiger partial charge is 0.331 e. The van der Waals surface area contributed by atoms with Crippen LogP contribution in [0.5, 0.6) is 0 Å². The van der Waals surface area contributed by atoms with Gasteiger partial charge in [-0.2, -0.15) is 0 Å². The highest BCUT2D eigenvalue weighted by atomic mass is 127. The Labute approximate surface area is 121 Å². The number of carbonyl (C=O) groups excluding carboxylic acids is 1. The van der Waals surface area contributed by atoms with Gasteiger partial charge in [0.05, 0.1) is 0 Å². The molecule has 1 aromatic carbocycles. The number of hydrogen-bond acceptors (Lipinski definition) is 2. The van der Waals surface area contributed by atoms with Crippen LogP contribution in [-0.4, -0.2) is 36.0 Å². The molecule has 2 fully saturated rings. The third-order valence-electron chi connectivity index (χ3n) is 3.96. The van der Waals surface area contributed by atoms with Crippen LogP contribution in [0.4, 0.5) is 0 Å². The van der Waals surface area contributed by atoms with Gasteiger partial charge in [0.15, 0.2) is 0 Å². The van der Waals surface area contributed by atoms with Crippen LogP contribution in [0.3, 0.4) is 0 Å². The van der Waals surface area contributed by atoms with Gasteiger partial charge in [-0.3, -0.25) is 4.79 Å². The summed E-state index contributed by atoms with van der Waals surface area (Å²) in [6.07, 6.45) is 3.40. The molecule has 0 spiro atoms. The van der Waals surface area contributed by atoms with Crippen molar-refractivity contribution in [2.45, 2.75) is 31.3 Å². The molecule has 2 saturated heterocycles. The Morgan fingerprint density at radius 3 is 2.94 bits per heavy atom. The van der Waals surface area contributed by atoms with Crippen molar-refractivity contribution in [2.24, 2.45) is 0 Å². The van der Waals surface area contributed by atoms with E-state index in [2.05, 4.69) is 32.8 Å². The summed E-state index contributed by atoms with van der Waals surface area (Å²) in [7, 11) is 0. The summed E-state index contributed by atoms with van der Waals surface area (Å²) in [5.41, 5.74) is 0.834. The summed E-state index contributed by atoms with van der Waals surface area (Å²) in [5.74, 6) is 0.213. The van der Waals surface area contributed by atoms with Crippen molar-refractivity contribution in [1.82, 2.24) is 10.2 Å². The number of amides is 1. The van der Waals surface area contributed by atoms with Crippen molar-refractivity contribution in [3.05, 3.63) is 33.4 Å². The molecule has 3 rings (SSSR count). The Morgan fingerprint density at radius 1 is 1.28 bits per heavy atom. The van der Waals surface area contributed by atoms with Crippen LogP contribution >= 0.6 is 22.6 Å². The van der Waals surface area contributed by atoms with Gasteiger partial charge >= 0.3 is 0 Å². The molecular weight excluding hydrogens is 339 g/mol. The Kier molecular flexibility index (Phi) is 3.56. The standard InChI is InChI=1S/C14H17IN2O/c15-11-3-1-2-10(8-11)14(18)17-12-4-5-13(17)9-16-7-6-12/h1-3,8,12-13,16H,4-7,9H2. The fourth-order valence-corrected chi connectivity index (χ4v) is 3.63. The Hall–Kier alpha value is -0.620. The van der Waals surface area contributed by atoms with E-state index in [4.69, 9.17) is 0 Å². The number of benzene rings is 1. The zero-order chi connectivity index (χ0) is 12.5. The first-order valence-corrected chi connectivity index (χ1v) is 7.62. The van der Waals surface area contributed by atoms with E-state index in [1.807, 2.05) is 24.3 Å². The Balaban J connectivity index is 1.87. The lowest BCUT2D eigenvalue weighted by molar-refractivity contribution is 0.0680. The molecule has 3 nitrogen and oxygen atoms in total. The highest BCUT2D eigenvalue weighted by Gasteiger charge is 2.38. The molecule has 0 aromatic heterocycles. The lowest BCUT2D eigenvalue weighted by atomic mass is 10.1. The van der Waals surface area contributed by atoms with Crippen LogP contribution in [0.1, 0.15) is 29.6 Å². The van der Waals surface area contributed by atoms with Crippen molar-refractivity contribution in [3.8, 4) is 0 Å². The van der Waals surface area contributed by atoms with Crippen molar-refractivity contribution < 1.29 is 4.79 Å². The van der Waals surface area contributed by atoms with Crippen molar-refractivity contribution in [3.63, 3.8) is 0 Å². The smallest absolute Gasteiger partial charge is 0.254 e. The first-order chi connectivity index (χ1) is 8.75. The maximum absolute atomic E-state index is 12.7. The molecular formula is C14H17IN2O. The summed E-state index contributed by atoms with van der Waals surface area (Å²) in [6.45, 7) is 1.99. The number of fused-ring (bicyclic) bond motifs is 2. The van der Waals surface area contributed by atoms with Crippen LogP contribution in [0.25, 0.3) is 0 Å². The minimum atomic E-state index is 0.213. The molecule has 18 heavy (non-hydrogen) atoms. The summed E-state index contributed by atoms with van der Waals surface area (Å²) < 4.78 is 1.12. The quantitative estimate of drug-likeness (QED) is 0.783. The molecule has 0 aliphatic carbocycles. The van der Waals surface area contributed by atoms with Gasteiger partial charge in [0.2, 0.25) is 0 Å². The average Bonchev–Trinajstić information content (AvgIpc) is 2.62. The molecule has 0 radical (unpaired) electrons. The Morgan fingerprint density at radius 2 is 2.11 bits per heavy atom. The maximum Gasteiger partial charge on any atom is 0.254 e. The number of hydrogen-bond donors (Lipinski definition) is 1. The number of carbonyl (C=O) groups is 1. The first kappa shape index (κ1) is 12.4. The summed E-state index contributed by atoms with van der Waals surface area (Å²) in [6, 6.07) is 8.74. The summed E-state index contributed by atoms with van der Waals surface area (Å²) >= 11 is 2.26. The second-order valence-corrected chi connectivity index (χ2v) is 6.35. The van der Waals surface area contributed by atoms with Gasteiger partial charge in [0, 0.05) is 27.8 Å². The fourth-order valence-electron chi connectivity index (χ4n) is 3.08. The maximum atomic E-state index is 12.7. The van der Waals surface area contributed by atoms with Crippen molar-refractivity contribution in [2.75, 3.05) is 13.1 Å². The van der Waals surface area contributed by atoms with E-state index in [-0.39, 0.29) is 5.91 Å². The molecule has 2 atom stereocenters. The van der Waals surface area contributed by atoms with Gasteiger partial charge in [-0.1, -0.05) is 6.07 Å². The average molecular weight is 356 g/mol. The third kappa shape index (κ3) is 2.28. The monoisotopic (exact) mass is 356 g/mol. The lowest BCUT2D eigenvalue weighted by Gasteiger charge is -2.28. The molecule has 0 saturated carbocycles. The Bertz CT molecular complexity index is 449. The SMILES string of the molecule is O=C(c1cccc(I)c1)N1C2CCNCC1CC2. The van der Waals surface area contributed by atoms with Crippen LogP contribution in [0, 0.1) is 3.57 Å². The molecule has 2 aliphatic rings. The van der Waals surface area contributed by atoms with Gasteiger partial charge < -0.3 is 10.2 Å². The number of nitrogens with zero attached hydrogens (tertiary/aromatic N) is 1. The van der Waals surface area contributed by atoms with E-state index in [1.165, 1.54) is 6.42 Å². The first-order valence-electron chi connectivity index (χ1n) is 6.54. The van der Waals surface area contributed by atoms with Gasteiger partial charge in [0.1, 0.15) is 0 Å². The summed E-state index contributed by atoms with van der Waals surface area (Å²) in [4.78, 5) is 14.8. The van der Waals surface area contributed by atoms with E-state index >= 15 is 0 Å². The van der Waals surface area contributed by atoms with Gasteiger partial charge in [0.25, 0.3) is 5.91 Å². The third-order valence-corrected chi connectivity index (χ3v) is 4.63. The molecule has 1 aromatic rings. The van der Waals surface area contributed by atoms with Crippen molar-refractivity contribution in [1.29, 1.82) is 0 Å². The van der Waals surface area contributed by atoms with E-state index in [0.29, 0.717) is 12.1 Å². The molecule has 2 unspecified atom stereocenters. The molecule has 4 heteroatoms. The molecule has 96 valence electrons. The highest BCUT2D eigenvalue weighted by molar-refractivity contribution is 14.1. The van der Waals surface area contributed by atoms with E-state index < -0.39 is 0 Å². The molecule has 2 heterocycles. The molecule has 2 aliphatic heterocycles. The highest BCUT2D eigenvalue weighted by Crippen LogP contribution is 2.29. The van der Waals surface area contributed by atoms with Crippen LogP contribution in [0.2, 0.25) is 0 Å². The normalized spacial score (nSPS) is 27.1. The van der Waals surface area contributed by atoms with Crippen LogP contribution in [0.15, 0.2) is 24.3 Å². The molecule has 1 amide bonds. The van der Waals surface area contributed by atoms with Gasteiger partial charge in [-0.15, -0.1) is 0 Å². The minimum absolute atomic E-state index is 0.213. The topological polar surface area (TPSA) is 32.3 Å². The zero-order valence-corrected chi connectivity index (χ0v) is 12.4.